The van der Waals surface area contributed by atoms with Gasteiger partial charge in [-0.2, -0.15) is 5.10 Å². The van der Waals surface area contributed by atoms with E-state index < -0.39 is 0 Å². The first-order valence-electron chi connectivity index (χ1n) is 11.5. The topological polar surface area (TPSA) is 79.3 Å². The van der Waals surface area contributed by atoms with E-state index in [4.69, 9.17) is 0 Å². The van der Waals surface area contributed by atoms with Crippen LogP contribution in [0.2, 0.25) is 0 Å². The molecule has 0 aliphatic carbocycles. The van der Waals surface area contributed by atoms with Crippen molar-refractivity contribution in [3.05, 3.63) is 72.1 Å². The number of carbonyl (C=O) groups excluding carboxylic acids is 2. The lowest BCUT2D eigenvalue weighted by Gasteiger charge is -2.31. The summed E-state index contributed by atoms with van der Waals surface area (Å²) in [6.07, 6.45) is 2.03. The number of nitrogens with one attached hydrogen (secondary N) is 2. The second-order valence-corrected chi connectivity index (χ2v) is 8.56. The minimum atomic E-state index is -0.0160. The molecule has 2 heterocycles. The van der Waals surface area contributed by atoms with Crippen LogP contribution in [0.15, 0.2) is 60.7 Å². The average molecular weight is 446 g/mol. The number of hydrogen-bond acceptors (Lipinski definition) is 4. The van der Waals surface area contributed by atoms with Gasteiger partial charge in [-0.25, -0.2) is 4.68 Å². The van der Waals surface area contributed by atoms with Crippen molar-refractivity contribution >= 4 is 23.2 Å². The van der Waals surface area contributed by atoms with Crippen molar-refractivity contribution in [1.82, 2.24) is 14.7 Å². The highest BCUT2D eigenvalue weighted by atomic mass is 16.2. The van der Waals surface area contributed by atoms with Crippen LogP contribution in [-0.2, 0) is 9.59 Å². The lowest BCUT2D eigenvalue weighted by atomic mass is 9.95. The summed E-state index contributed by atoms with van der Waals surface area (Å²) in [5.41, 5.74) is 4.30. The Kier molecular flexibility index (Phi) is 7.19. The predicted octanol–water partition coefficient (Wildman–Crippen LogP) is 4.17. The van der Waals surface area contributed by atoms with E-state index in [9.17, 15) is 9.59 Å². The Labute approximate surface area is 194 Å². The average Bonchev–Trinajstić information content (AvgIpc) is 3.12. The second-order valence-electron chi connectivity index (χ2n) is 8.56. The molecular formula is C26H31N5O2. The van der Waals surface area contributed by atoms with Crippen LogP contribution in [0.5, 0.6) is 0 Å². The van der Waals surface area contributed by atoms with Crippen molar-refractivity contribution in [2.75, 3.05) is 30.3 Å². The summed E-state index contributed by atoms with van der Waals surface area (Å²) >= 11 is 0. The van der Waals surface area contributed by atoms with E-state index in [2.05, 4.69) is 20.6 Å². The van der Waals surface area contributed by atoms with Crippen LogP contribution in [0.3, 0.4) is 0 Å². The molecule has 0 atom stereocenters. The van der Waals surface area contributed by atoms with Crippen LogP contribution >= 0.6 is 0 Å². The first-order chi connectivity index (χ1) is 16.0. The molecule has 172 valence electrons. The lowest BCUT2D eigenvalue weighted by molar-refractivity contribution is -0.121. The highest BCUT2D eigenvalue weighted by molar-refractivity contribution is 5.93. The van der Waals surface area contributed by atoms with E-state index in [1.165, 1.54) is 0 Å². The number of rotatable bonds is 7. The Bertz CT molecular complexity index is 1090. The summed E-state index contributed by atoms with van der Waals surface area (Å²) in [7, 11) is 0. The summed E-state index contributed by atoms with van der Waals surface area (Å²) in [5.74, 6) is 0.0853. The SMILES string of the molecule is Cc1nn(-c2ccccc2)c(C)c1NC(=O)CCN1CCC(C(=O)Nc2ccccc2)CC1. The number of amides is 2. The number of anilines is 2. The minimum absolute atomic E-state index is 0.0160. The van der Waals surface area contributed by atoms with E-state index in [1.54, 1.807) is 0 Å². The minimum Gasteiger partial charge on any atom is -0.326 e. The Morgan fingerprint density at radius 3 is 2.24 bits per heavy atom. The molecule has 1 aromatic heterocycles. The fraction of sp³-hybridized carbons (Fsp3) is 0.346. The van der Waals surface area contributed by atoms with E-state index in [0.29, 0.717) is 13.0 Å². The molecule has 0 spiro atoms. The molecule has 1 saturated heterocycles. The molecule has 2 N–H and O–H groups in total. The van der Waals surface area contributed by atoms with Crippen LogP contribution in [0.4, 0.5) is 11.4 Å². The van der Waals surface area contributed by atoms with Gasteiger partial charge in [0.25, 0.3) is 0 Å². The number of nitrogens with zero attached hydrogens (tertiary/aromatic N) is 3. The maximum atomic E-state index is 12.6. The predicted molar refractivity (Wildman–Crippen MR) is 131 cm³/mol. The number of benzene rings is 2. The third kappa shape index (κ3) is 5.68. The molecular weight excluding hydrogens is 414 g/mol. The molecule has 0 radical (unpaired) electrons. The molecule has 2 amide bonds. The van der Waals surface area contributed by atoms with Crippen LogP contribution in [-0.4, -0.2) is 46.1 Å². The van der Waals surface area contributed by atoms with Gasteiger partial charge in [0, 0.05) is 24.6 Å². The van der Waals surface area contributed by atoms with Gasteiger partial charge in [-0.1, -0.05) is 36.4 Å². The zero-order chi connectivity index (χ0) is 23.2. The monoisotopic (exact) mass is 445 g/mol. The van der Waals surface area contributed by atoms with Crippen LogP contribution in [0.1, 0.15) is 30.7 Å². The van der Waals surface area contributed by atoms with Gasteiger partial charge in [0.2, 0.25) is 11.8 Å². The highest BCUT2D eigenvalue weighted by Gasteiger charge is 2.25. The molecule has 0 bridgehead atoms. The number of carbonyl (C=O) groups is 2. The van der Waals surface area contributed by atoms with Crippen molar-refractivity contribution in [2.24, 2.45) is 5.92 Å². The van der Waals surface area contributed by atoms with Gasteiger partial charge in [0.15, 0.2) is 0 Å². The number of piperidine rings is 1. The van der Waals surface area contributed by atoms with Crippen molar-refractivity contribution < 1.29 is 9.59 Å². The number of para-hydroxylation sites is 2. The molecule has 7 heteroatoms. The van der Waals surface area contributed by atoms with E-state index in [-0.39, 0.29) is 17.7 Å². The molecule has 7 nitrogen and oxygen atoms in total. The number of aryl methyl sites for hydroxylation is 1. The largest absolute Gasteiger partial charge is 0.326 e. The number of aromatic nitrogens is 2. The third-order valence-electron chi connectivity index (χ3n) is 6.21. The van der Waals surface area contributed by atoms with E-state index in [1.807, 2.05) is 79.2 Å². The summed E-state index contributed by atoms with van der Waals surface area (Å²) < 4.78 is 1.86. The maximum Gasteiger partial charge on any atom is 0.227 e. The molecule has 2 aromatic carbocycles. The molecule has 0 saturated carbocycles. The molecule has 0 unspecified atom stereocenters. The van der Waals surface area contributed by atoms with Crippen molar-refractivity contribution in [1.29, 1.82) is 0 Å². The van der Waals surface area contributed by atoms with Crippen molar-refractivity contribution in [2.45, 2.75) is 33.1 Å². The van der Waals surface area contributed by atoms with E-state index in [0.717, 1.165) is 54.4 Å². The van der Waals surface area contributed by atoms with E-state index >= 15 is 0 Å². The maximum absolute atomic E-state index is 12.6. The molecule has 3 aromatic rings. The van der Waals surface area contributed by atoms with Crippen molar-refractivity contribution in [3.8, 4) is 5.69 Å². The molecule has 1 aliphatic rings. The smallest absolute Gasteiger partial charge is 0.227 e. The molecule has 4 rings (SSSR count). The van der Waals surface area contributed by atoms with Gasteiger partial charge in [0.1, 0.15) is 0 Å². The summed E-state index contributed by atoms with van der Waals surface area (Å²) in [5, 5.41) is 10.6. The summed E-state index contributed by atoms with van der Waals surface area (Å²) in [6.45, 7) is 6.21. The first-order valence-corrected chi connectivity index (χ1v) is 11.5. The number of hydrogen-bond donors (Lipinski definition) is 2. The fourth-order valence-electron chi connectivity index (χ4n) is 4.29. The fourth-order valence-corrected chi connectivity index (χ4v) is 4.29. The van der Waals surface area contributed by atoms with Crippen LogP contribution in [0, 0.1) is 19.8 Å². The third-order valence-corrected chi connectivity index (χ3v) is 6.21. The summed E-state index contributed by atoms with van der Waals surface area (Å²) in [4.78, 5) is 27.4. The second kappa shape index (κ2) is 10.4. The highest BCUT2D eigenvalue weighted by Crippen LogP contribution is 2.23. The Morgan fingerprint density at radius 1 is 0.939 bits per heavy atom. The Balaban J connectivity index is 1.24. The summed E-state index contributed by atoms with van der Waals surface area (Å²) in [6, 6.07) is 19.5. The quantitative estimate of drug-likeness (QED) is 0.572. The zero-order valence-corrected chi connectivity index (χ0v) is 19.3. The van der Waals surface area contributed by atoms with Crippen LogP contribution in [0.25, 0.3) is 5.69 Å². The van der Waals surface area contributed by atoms with Crippen LogP contribution < -0.4 is 10.6 Å². The first kappa shape index (κ1) is 22.7. The van der Waals surface area contributed by atoms with Crippen molar-refractivity contribution in [3.63, 3.8) is 0 Å². The lowest BCUT2D eigenvalue weighted by Crippen LogP contribution is -2.39. The van der Waals surface area contributed by atoms with Gasteiger partial charge in [-0.15, -0.1) is 0 Å². The normalized spacial score (nSPS) is 14.7. The van der Waals surface area contributed by atoms with Gasteiger partial charge < -0.3 is 15.5 Å². The molecule has 33 heavy (non-hydrogen) atoms. The van der Waals surface area contributed by atoms with Gasteiger partial charge in [-0.3, -0.25) is 9.59 Å². The zero-order valence-electron chi connectivity index (χ0n) is 19.3. The standard InChI is InChI=1S/C26H31N5O2/c1-19-25(20(2)31(29-19)23-11-7-4-8-12-23)28-24(32)15-18-30-16-13-21(14-17-30)26(33)27-22-9-5-3-6-10-22/h3-12,21H,13-18H2,1-2H3,(H,27,33)(H,28,32). The molecule has 1 aliphatic heterocycles. The van der Waals surface area contributed by atoms with Gasteiger partial charge in [0.05, 0.1) is 22.8 Å². The number of likely N-dealkylation sites (tertiary alicyclic amines) is 1. The molecule has 1 fully saturated rings. The Hall–Kier alpha value is -3.45. The van der Waals surface area contributed by atoms with Gasteiger partial charge in [-0.05, 0) is 64.0 Å². The Morgan fingerprint density at radius 2 is 1.58 bits per heavy atom. The van der Waals surface area contributed by atoms with Gasteiger partial charge >= 0.3 is 0 Å².